The smallest absolute Gasteiger partial charge is 0.233 e. The number of nitrogens with zero attached hydrogens (tertiary/aromatic N) is 4. The summed E-state index contributed by atoms with van der Waals surface area (Å²) in [4.78, 5) is 23.1. The molecule has 0 radical (unpaired) electrons. The molecule has 2 aromatic rings. The fraction of sp³-hybridized carbons (Fsp3) is 0.400. The summed E-state index contributed by atoms with van der Waals surface area (Å²) in [5.41, 5.74) is 9.11. The predicted octanol–water partition coefficient (Wildman–Crippen LogP) is -0.431. The topological polar surface area (TPSA) is 125 Å². The Bertz CT molecular complexity index is 550. The molecule has 8 heteroatoms. The number of fused-ring (bicyclic) bond motifs is 1. The molecule has 2 aromatic heterocycles. The van der Waals surface area contributed by atoms with E-state index in [1.54, 1.807) is 6.33 Å². The van der Waals surface area contributed by atoms with E-state index < -0.39 is 0 Å². The van der Waals surface area contributed by atoms with Gasteiger partial charge in [0.2, 0.25) is 5.91 Å². The van der Waals surface area contributed by atoms with Gasteiger partial charge in [-0.3, -0.25) is 10.2 Å². The maximum absolute atomic E-state index is 10.9. The number of rotatable bonds is 5. The SMILES string of the molecule is NNC(=O)CCCCn1cnc2c(N)ncnc21. The van der Waals surface area contributed by atoms with Gasteiger partial charge in [-0.25, -0.2) is 20.8 Å². The van der Waals surface area contributed by atoms with Crippen LogP contribution in [0.15, 0.2) is 12.7 Å². The minimum atomic E-state index is -0.156. The molecule has 1 amide bonds. The largest absolute Gasteiger partial charge is 0.382 e. The molecule has 0 aliphatic carbocycles. The molecule has 0 unspecified atom stereocenters. The number of hydrogen-bond donors (Lipinski definition) is 3. The van der Waals surface area contributed by atoms with E-state index in [4.69, 9.17) is 11.6 Å². The maximum Gasteiger partial charge on any atom is 0.233 e. The third kappa shape index (κ3) is 2.54. The fourth-order valence-corrected chi connectivity index (χ4v) is 1.70. The summed E-state index contributed by atoms with van der Waals surface area (Å²) in [7, 11) is 0. The van der Waals surface area contributed by atoms with Crippen molar-refractivity contribution < 1.29 is 4.79 Å². The van der Waals surface area contributed by atoms with Crippen molar-refractivity contribution in [3.8, 4) is 0 Å². The van der Waals surface area contributed by atoms with Gasteiger partial charge >= 0.3 is 0 Å². The lowest BCUT2D eigenvalue weighted by Crippen LogP contribution is -2.29. The summed E-state index contributed by atoms with van der Waals surface area (Å²) in [6.45, 7) is 0.727. The van der Waals surface area contributed by atoms with Gasteiger partial charge in [-0.05, 0) is 12.8 Å². The van der Waals surface area contributed by atoms with Crippen LogP contribution in [-0.4, -0.2) is 25.4 Å². The highest BCUT2D eigenvalue weighted by molar-refractivity contribution is 5.81. The van der Waals surface area contributed by atoms with E-state index in [2.05, 4.69) is 20.4 Å². The van der Waals surface area contributed by atoms with Crippen LogP contribution in [-0.2, 0) is 11.3 Å². The molecule has 0 aliphatic heterocycles. The van der Waals surface area contributed by atoms with Crippen LogP contribution >= 0.6 is 0 Å². The van der Waals surface area contributed by atoms with Gasteiger partial charge in [0.05, 0.1) is 6.33 Å². The predicted molar refractivity (Wildman–Crippen MR) is 65.9 cm³/mol. The van der Waals surface area contributed by atoms with Crippen LogP contribution in [0.25, 0.3) is 11.2 Å². The van der Waals surface area contributed by atoms with Gasteiger partial charge in [-0.15, -0.1) is 0 Å². The number of hydrogen-bond acceptors (Lipinski definition) is 6. The highest BCUT2D eigenvalue weighted by Gasteiger charge is 2.07. The highest BCUT2D eigenvalue weighted by atomic mass is 16.2. The van der Waals surface area contributed by atoms with Crippen LogP contribution in [0, 0.1) is 0 Å². The molecule has 0 fully saturated rings. The van der Waals surface area contributed by atoms with Crippen LogP contribution < -0.4 is 17.0 Å². The Morgan fingerprint density at radius 1 is 1.33 bits per heavy atom. The molecule has 18 heavy (non-hydrogen) atoms. The number of anilines is 1. The monoisotopic (exact) mass is 249 g/mol. The van der Waals surface area contributed by atoms with E-state index in [1.165, 1.54) is 6.33 Å². The average molecular weight is 249 g/mol. The first-order chi connectivity index (χ1) is 8.72. The zero-order valence-corrected chi connectivity index (χ0v) is 9.83. The third-order valence-electron chi connectivity index (χ3n) is 2.64. The van der Waals surface area contributed by atoms with Gasteiger partial charge in [0.15, 0.2) is 11.5 Å². The number of nitrogens with two attached hydrogens (primary N) is 2. The van der Waals surface area contributed by atoms with E-state index in [1.807, 2.05) is 4.57 Å². The summed E-state index contributed by atoms with van der Waals surface area (Å²) in [5.74, 6) is 5.21. The fourth-order valence-electron chi connectivity index (χ4n) is 1.70. The van der Waals surface area contributed by atoms with Crippen LogP contribution in [0.3, 0.4) is 0 Å². The minimum absolute atomic E-state index is 0.156. The second kappa shape index (κ2) is 5.41. The van der Waals surface area contributed by atoms with E-state index in [-0.39, 0.29) is 5.91 Å². The zero-order chi connectivity index (χ0) is 13.0. The van der Waals surface area contributed by atoms with Crippen molar-refractivity contribution in [3.05, 3.63) is 12.7 Å². The number of aryl methyl sites for hydroxylation is 1. The Hall–Kier alpha value is -2.22. The summed E-state index contributed by atoms with van der Waals surface area (Å²) in [5, 5.41) is 0. The normalized spacial score (nSPS) is 10.7. The summed E-state index contributed by atoms with van der Waals surface area (Å²) >= 11 is 0. The molecule has 0 saturated carbocycles. The first-order valence-corrected chi connectivity index (χ1v) is 5.63. The molecule has 0 spiro atoms. The summed E-state index contributed by atoms with van der Waals surface area (Å²) in [6.07, 6.45) is 5.10. The maximum atomic E-state index is 10.9. The van der Waals surface area contributed by atoms with Gasteiger partial charge in [0.1, 0.15) is 11.8 Å². The Balaban J connectivity index is 1.96. The molecule has 96 valence electrons. The van der Waals surface area contributed by atoms with Crippen molar-refractivity contribution in [2.45, 2.75) is 25.8 Å². The van der Waals surface area contributed by atoms with Crippen molar-refractivity contribution >= 4 is 22.9 Å². The molecular formula is C10H15N7O. The number of amides is 1. The molecule has 0 bridgehead atoms. The number of nitrogen functional groups attached to an aromatic ring is 1. The molecule has 0 saturated heterocycles. The molecule has 2 heterocycles. The van der Waals surface area contributed by atoms with Gasteiger partial charge in [-0.2, -0.15) is 0 Å². The molecule has 0 atom stereocenters. The zero-order valence-electron chi connectivity index (χ0n) is 9.83. The van der Waals surface area contributed by atoms with Gasteiger partial charge in [0.25, 0.3) is 0 Å². The lowest BCUT2D eigenvalue weighted by atomic mass is 10.2. The second-order valence-corrected chi connectivity index (χ2v) is 3.89. The van der Waals surface area contributed by atoms with Gasteiger partial charge in [-0.1, -0.05) is 0 Å². The van der Waals surface area contributed by atoms with Gasteiger partial charge < -0.3 is 10.3 Å². The van der Waals surface area contributed by atoms with Crippen molar-refractivity contribution in [2.75, 3.05) is 5.73 Å². The Labute approximate surface area is 103 Å². The Morgan fingerprint density at radius 3 is 2.94 bits per heavy atom. The standard InChI is InChI=1S/C10H15N7O/c11-9-8-10(14-5-13-9)17(6-15-8)4-2-1-3-7(18)16-12/h5-6H,1-4,12H2,(H,16,18)(H2,11,13,14). The number of imidazole rings is 1. The summed E-state index contributed by atoms with van der Waals surface area (Å²) < 4.78 is 1.90. The molecule has 0 aromatic carbocycles. The van der Waals surface area contributed by atoms with Crippen molar-refractivity contribution in [1.82, 2.24) is 24.9 Å². The van der Waals surface area contributed by atoms with Gasteiger partial charge in [0, 0.05) is 13.0 Å². The molecule has 5 N–H and O–H groups in total. The van der Waals surface area contributed by atoms with E-state index >= 15 is 0 Å². The summed E-state index contributed by atoms with van der Waals surface area (Å²) in [6, 6.07) is 0. The Morgan fingerprint density at radius 2 is 2.17 bits per heavy atom. The van der Waals surface area contributed by atoms with Crippen LogP contribution in [0.5, 0.6) is 0 Å². The van der Waals surface area contributed by atoms with E-state index in [9.17, 15) is 4.79 Å². The number of carbonyl (C=O) groups excluding carboxylic acids is 1. The third-order valence-corrected chi connectivity index (χ3v) is 2.64. The molecular weight excluding hydrogens is 234 g/mol. The average Bonchev–Trinajstić information content (AvgIpc) is 2.79. The Kier molecular flexibility index (Phi) is 3.68. The van der Waals surface area contributed by atoms with Crippen molar-refractivity contribution in [2.24, 2.45) is 5.84 Å². The number of aromatic nitrogens is 4. The first-order valence-electron chi connectivity index (χ1n) is 5.63. The van der Waals surface area contributed by atoms with Crippen LogP contribution in [0.1, 0.15) is 19.3 Å². The van der Waals surface area contributed by atoms with Crippen molar-refractivity contribution in [3.63, 3.8) is 0 Å². The number of carbonyl (C=O) groups is 1. The quantitative estimate of drug-likeness (QED) is 0.286. The highest BCUT2D eigenvalue weighted by Crippen LogP contribution is 2.14. The lowest BCUT2D eigenvalue weighted by Gasteiger charge is -2.03. The first kappa shape index (κ1) is 12.2. The molecule has 2 rings (SSSR count). The number of unbranched alkanes of at least 4 members (excludes halogenated alkanes) is 1. The molecule has 0 aliphatic rings. The number of hydrazine groups is 1. The van der Waals surface area contributed by atoms with E-state index in [0.717, 1.165) is 19.4 Å². The van der Waals surface area contributed by atoms with Crippen LogP contribution in [0.4, 0.5) is 5.82 Å². The minimum Gasteiger partial charge on any atom is -0.382 e. The second-order valence-electron chi connectivity index (χ2n) is 3.89. The lowest BCUT2D eigenvalue weighted by molar-refractivity contribution is -0.121. The van der Waals surface area contributed by atoms with Crippen LogP contribution in [0.2, 0.25) is 0 Å². The molecule has 8 nitrogen and oxygen atoms in total. The number of nitrogens with one attached hydrogen (secondary N) is 1. The van der Waals surface area contributed by atoms with E-state index in [0.29, 0.717) is 23.4 Å². The van der Waals surface area contributed by atoms with Crippen molar-refractivity contribution in [1.29, 1.82) is 0 Å².